The molecule has 0 unspecified atom stereocenters. The van der Waals surface area contributed by atoms with Crippen molar-refractivity contribution in [2.75, 3.05) is 5.32 Å². The van der Waals surface area contributed by atoms with Gasteiger partial charge in [0, 0.05) is 13.2 Å². The van der Waals surface area contributed by atoms with Crippen LogP contribution >= 0.6 is 0 Å². The summed E-state index contributed by atoms with van der Waals surface area (Å²) in [7, 11) is 1.79. The van der Waals surface area contributed by atoms with E-state index in [0.29, 0.717) is 17.7 Å². The fraction of sp³-hybridized carbons (Fsp3) is 0.267. The minimum absolute atomic E-state index is 0.0144. The number of nitrogens with one attached hydrogen (secondary N) is 1. The molecule has 2 rings (SSSR count). The molecule has 1 aromatic heterocycles. The molecule has 0 saturated carbocycles. The van der Waals surface area contributed by atoms with Gasteiger partial charge in [-0.1, -0.05) is 25.1 Å². The van der Waals surface area contributed by atoms with E-state index < -0.39 is 5.97 Å². The Bertz CT molecular complexity index is 677. The Hall–Kier alpha value is -2.63. The summed E-state index contributed by atoms with van der Waals surface area (Å²) in [5.74, 6) is -1.29. The van der Waals surface area contributed by atoms with Crippen molar-refractivity contribution in [3.05, 3.63) is 47.3 Å². The number of aromatic carboxylic acids is 1. The van der Waals surface area contributed by atoms with Gasteiger partial charge in [-0.3, -0.25) is 9.48 Å². The molecule has 0 aliphatic rings. The molecule has 6 nitrogen and oxygen atoms in total. The minimum Gasteiger partial charge on any atom is -0.478 e. The molecule has 2 N–H and O–H groups in total. The normalized spacial score (nSPS) is 10.4. The number of carbonyl (C=O) groups excluding carboxylic acids is 1. The number of hydrogen-bond acceptors (Lipinski definition) is 3. The van der Waals surface area contributed by atoms with E-state index in [4.69, 9.17) is 5.11 Å². The predicted octanol–water partition coefficient (Wildman–Crippen LogP) is 1.86. The Morgan fingerprint density at radius 2 is 2.05 bits per heavy atom. The van der Waals surface area contributed by atoms with Crippen molar-refractivity contribution in [3.8, 4) is 0 Å². The molecule has 0 saturated heterocycles. The second-order valence-electron chi connectivity index (χ2n) is 4.70. The van der Waals surface area contributed by atoms with Crippen molar-refractivity contribution < 1.29 is 14.7 Å². The zero-order chi connectivity index (χ0) is 15.4. The number of carboxylic acid groups (broad SMARTS) is 1. The summed E-state index contributed by atoms with van der Waals surface area (Å²) >= 11 is 0. The minimum atomic E-state index is -1.03. The first-order valence-electron chi connectivity index (χ1n) is 6.64. The Kier molecular flexibility index (Phi) is 4.37. The first-order chi connectivity index (χ1) is 10.0. The van der Waals surface area contributed by atoms with Crippen LogP contribution in [0.2, 0.25) is 0 Å². The summed E-state index contributed by atoms with van der Waals surface area (Å²) in [5.41, 5.74) is 2.11. The van der Waals surface area contributed by atoms with Crippen LogP contribution in [-0.4, -0.2) is 26.8 Å². The smallest absolute Gasteiger partial charge is 0.335 e. The highest BCUT2D eigenvalue weighted by Gasteiger charge is 2.14. The van der Waals surface area contributed by atoms with Crippen LogP contribution in [0.25, 0.3) is 0 Å². The first-order valence-corrected chi connectivity index (χ1v) is 6.64. The van der Waals surface area contributed by atoms with E-state index in [0.717, 1.165) is 5.69 Å². The molecule has 0 aliphatic heterocycles. The standard InChI is InChI=1S/C15H17N3O3/c1-3-12-13(9-18(2)17-12)16-14(19)8-10-6-4-5-7-11(10)15(20)21/h4-7,9H,3,8H2,1-2H3,(H,16,19)(H,20,21). The number of anilines is 1. The molecule has 0 spiro atoms. The van der Waals surface area contributed by atoms with Crippen LogP contribution in [0.3, 0.4) is 0 Å². The lowest BCUT2D eigenvalue weighted by atomic mass is 10.0. The molecule has 110 valence electrons. The van der Waals surface area contributed by atoms with Gasteiger partial charge >= 0.3 is 5.97 Å². The highest BCUT2D eigenvalue weighted by atomic mass is 16.4. The van der Waals surface area contributed by atoms with Gasteiger partial charge in [0.15, 0.2) is 0 Å². The molecule has 0 aliphatic carbocycles. The van der Waals surface area contributed by atoms with Gasteiger partial charge in [-0.05, 0) is 18.1 Å². The molecule has 0 radical (unpaired) electrons. The van der Waals surface area contributed by atoms with Crippen molar-refractivity contribution in [1.82, 2.24) is 9.78 Å². The second-order valence-corrected chi connectivity index (χ2v) is 4.70. The predicted molar refractivity (Wildman–Crippen MR) is 78.3 cm³/mol. The number of carbonyl (C=O) groups is 2. The summed E-state index contributed by atoms with van der Waals surface area (Å²) in [6.07, 6.45) is 2.46. The van der Waals surface area contributed by atoms with Gasteiger partial charge in [-0.25, -0.2) is 4.79 Å². The van der Waals surface area contributed by atoms with Gasteiger partial charge in [-0.2, -0.15) is 5.10 Å². The third-order valence-corrected chi connectivity index (χ3v) is 3.11. The Morgan fingerprint density at radius 3 is 2.71 bits per heavy atom. The average molecular weight is 287 g/mol. The molecule has 21 heavy (non-hydrogen) atoms. The van der Waals surface area contributed by atoms with Crippen molar-refractivity contribution >= 4 is 17.6 Å². The third-order valence-electron chi connectivity index (χ3n) is 3.11. The number of rotatable bonds is 5. The van der Waals surface area contributed by atoms with Crippen molar-refractivity contribution in [3.63, 3.8) is 0 Å². The zero-order valence-electron chi connectivity index (χ0n) is 12.0. The number of carboxylic acids is 1. The van der Waals surface area contributed by atoms with E-state index in [1.807, 2.05) is 6.92 Å². The maximum absolute atomic E-state index is 12.1. The lowest BCUT2D eigenvalue weighted by Crippen LogP contribution is -2.17. The van der Waals surface area contributed by atoms with E-state index in [2.05, 4.69) is 10.4 Å². The number of aryl methyl sites for hydroxylation is 2. The summed E-state index contributed by atoms with van der Waals surface area (Å²) in [6, 6.07) is 6.50. The number of benzene rings is 1. The summed E-state index contributed by atoms with van der Waals surface area (Å²) in [4.78, 5) is 23.2. The Morgan fingerprint density at radius 1 is 1.33 bits per heavy atom. The maximum Gasteiger partial charge on any atom is 0.335 e. The van der Waals surface area contributed by atoms with Crippen LogP contribution in [0.1, 0.15) is 28.5 Å². The summed E-state index contributed by atoms with van der Waals surface area (Å²) in [6.45, 7) is 1.96. The number of hydrogen-bond donors (Lipinski definition) is 2. The summed E-state index contributed by atoms with van der Waals surface area (Å²) < 4.78 is 1.64. The van der Waals surface area contributed by atoms with Crippen molar-refractivity contribution in [1.29, 1.82) is 0 Å². The van der Waals surface area contributed by atoms with Crippen molar-refractivity contribution in [2.24, 2.45) is 7.05 Å². The molecule has 0 fully saturated rings. The molecular weight excluding hydrogens is 270 g/mol. The van der Waals surface area contributed by atoms with Gasteiger partial charge < -0.3 is 10.4 Å². The molecular formula is C15H17N3O3. The molecule has 1 aromatic carbocycles. The molecule has 1 heterocycles. The van der Waals surface area contributed by atoms with Crippen LogP contribution < -0.4 is 5.32 Å². The van der Waals surface area contributed by atoms with Crippen LogP contribution in [0.15, 0.2) is 30.5 Å². The van der Waals surface area contributed by atoms with E-state index >= 15 is 0 Å². The quantitative estimate of drug-likeness (QED) is 0.879. The fourth-order valence-electron chi connectivity index (χ4n) is 2.15. The number of nitrogens with zero attached hydrogens (tertiary/aromatic N) is 2. The highest BCUT2D eigenvalue weighted by molar-refractivity contribution is 5.96. The van der Waals surface area contributed by atoms with Crippen LogP contribution in [0, 0.1) is 0 Å². The van der Waals surface area contributed by atoms with E-state index in [9.17, 15) is 9.59 Å². The maximum atomic E-state index is 12.1. The van der Waals surface area contributed by atoms with E-state index in [1.165, 1.54) is 6.07 Å². The van der Waals surface area contributed by atoms with Gasteiger partial charge in [-0.15, -0.1) is 0 Å². The molecule has 0 bridgehead atoms. The Labute approximate surface area is 122 Å². The zero-order valence-corrected chi connectivity index (χ0v) is 12.0. The van der Waals surface area contributed by atoms with Crippen LogP contribution in [-0.2, 0) is 24.7 Å². The SMILES string of the molecule is CCc1nn(C)cc1NC(=O)Cc1ccccc1C(=O)O. The monoisotopic (exact) mass is 287 g/mol. The molecule has 0 atom stereocenters. The van der Waals surface area contributed by atoms with Gasteiger partial charge in [0.05, 0.1) is 23.4 Å². The highest BCUT2D eigenvalue weighted by Crippen LogP contribution is 2.15. The van der Waals surface area contributed by atoms with Crippen molar-refractivity contribution in [2.45, 2.75) is 19.8 Å². The largest absolute Gasteiger partial charge is 0.478 e. The second kappa shape index (κ2) is 6.21. The van der Waals surface area contributed by atoms with E-state index in [1.54, 1.807) is 36.1 Å². The molecule has 2 aromatic rings. The fourth-order valence-corrected chi connectivity index (χ4v) is 2.15. The lowest BCUT2D eigenvalue weighted by molar-refractivity contribution is -0.115. The number of amides is 1. The van der Waals surface area contributed by atoms with Crippen LogP contribution in [0.4, 0.5) is 5.69 Å². The Balaban J connectivity index is 2.14. The van der Waals surface area contributed by atoms with Crippen LogP contribution in [0.5, 0.6) is 0 Å². The third kappa shape index (κ3) is 3.47. The van der Waals surface area contributed by atoms with E-state index in [-0.39, 0.29) is 17.9 Å². The lowest BCUT2D eigenvalue weighted by Gasteiger charge is -2.07. The van der Waals surface area contributed by atoms with Gasteiger partial charge in [0.25, 0.3) is 0 Å². The summed E-state index contributed by atoms with van der Waals surface area (Å²) in [5, 5.41) is 16.1. The molecule has 1 amide bonds. The van der Waals surface area contributed by atoms with Gasteiger partial charge in [0.2, 0.25) is 5.91 Å². The molecule has 6 heteroatoms. The topological polar surface area (TPSA) is 84.2 Å². The number of aromatic nitrogens is 2. The van der Waals surface area contributed by atoms with Gasteiger partial charge in [0.1, 0.15) is 0 Å². The first kappa shape index (κ1) is 14.8. The average Bonchev–Trinajstić information content (AvgIpc) is 2.78.